The van der Waals surface area contributed by atoms with E-state index >= 15 is 0 Å². The first-order chi connectivity index (χ1) is 3.79. The second-order valence-electron chi connectivity index (χ2n) is 1.53. The predicted molar refractivity (Wildman–Crippen MR) is 35.5 cm³/mol. The highest BCUT2D eigenvalue weighted by Gasteiger charge is 1.99. The van der Waals surface area contributed by atoms with Gasteiger partial charge in [-0.05, 0) is 0 Å². The van der Waals surface area contributed by atoms with E-state index in [-0.39, 0.29) is 0 Å². The van der Waals surface area contributed by atoms with Crippen LogP contribution in [0, 0.1) is 0 Å². The normalized spacial score (nSPS) is 18.6. The zero-order chi connectivity index (χ0) is 5.98. The van der Waals surface area contributed by atoms with E-state index in [1.54, 1.807) is 6.20 Å². The SMILES string of the molecule is NN1C=CCC(=S)N1. The van der Waals surface area contributed by atoms with Crippen LogP contribution in [0.5, 0.6) is 0 Å². The molecule has 0 saturated heterocycles. The van der Waals surface area contributed by atoms with Crippen molar-refractivity contribution in [3.05, 3.63) is 12.3 Å². The monoisotopic (exact) mass is 129 g/mol. The third kappa shape index (κ3) is 1.18. The summed E-state index contributed by atoms with van der Waals surface area (Å²) < 4.78 is 0. The van der Waals surface area contributed by atoms with Crippen LogP contribution < -0.4 is 11.3 Å². The largest absolute Gasteiger partial charge is 0.278 e. The summed E-state index contributed by atoms with van der Waals surface area (Å²) >= 11 is 4.80. The number of nitrogens with two attached hydrogens (primary N) is 1. The Bertz CT molecular complexity index is 131. The maximum atomic E-state index is 5.27. The number of rotatable bonds is 0. The molecule has 1 aliphatic heterocycles. The van der Waals surface area contributed by atoms with E-state index in [1.165, 1.54) is 5.12 Å². The Balaban J connectivity index is 2.54. The summed E-state index contributed by atoms with van der Waals surface area (Å²) in [4.78, 5) is 0.759. The molecule has 0 aliphatic carbocycles. The molecule has 0 spiro atoms. The van der Waals surface area contributed by atoms with Crippen LogP contribution in [-0.2, 0) is 0 Å². The molecule has 1 rings (SSSR count). The minimum atomic E-state index is 0.759. The van der Waals surface area contributed by atoms with Gasteiger partial charge in [0.2, 0.25) is 0 Å². The molecule has 3 nitrogen and oxygen atoms in total. The molecule has 0 radical (unpaired) electrons. The van der Waals surface area contributed by atoms with E-state index in [9.17, 15) is 0 Å². The number of nitrogens with one attached hydrogen (secondary N) is 1. The second-order valence-corrected chi connectivity index (χ2v) is 2.02. The minimum Gasteiger partial charge on any atom is -0.278 e. The Labute approximate surface area is 53.1 Å². The fourth-order valence-corrected chi connectivity index (χ4v) is 0.702. The third-order valence-electron chi connectivity index (χ3n) is 0.823. The quantitative estimate of drug-likeness (QED) is 0.354. The molecule has 0 bridgehead atoms. The lowest BCUT2D eigenvalue weighted by Gasteiger charge is -2.19. The first-order valence-electron chi connectivity index (χ1n) is 2.29. The second kappa shape index (κ2) is 2.11. The van der Waals surface area contributed by atoms with Gasteiger partial charge in [-0.2, -0.15) is 0 Å². The summed E-state index contributed by atoms with van der Waals surface area (Å²) in [6, 6.07) is 0. The molecule has 0 aromatic carbocycles. The number of thiocarbonyl (C=S) groups is 1. The molecular formula is C4H7N3S. The van der Waals surface area contributed by atoms with Crippen molar-refractivity contribution in [1.29, 1.82) is 0 Å². The zero-order valence-corrected chi connectivity index (χ0v) is 5.11. The van der Waals surface area contributed by atoms with Crippen molar-refractivity contribution in [3.8, 4) is 0 Å². The Morgan fingerprint density at radius 2 is 2.62 bits per heavy atom. The van der Waals surface area contributed by atoms with E-state index < -0.39 is 0 Å². The molecule has 0 aromatic rings. The fraction of sp³-hybridized carbons (Fsp3) is 0.250. The standard InChI is InChI=1S/C4H7N3S/c5-7-3-1-2-4(8)6-7/h1,3H,2,5H2,(H,6,8). The van der Waals surface area contributed by atoms with Crippen LogP contribution in [-0.4, -0.2) is 10.1 Å². The summed E-state index contributed by atoms with van der Waals surface area (Å²) in [5.41, 5.74) is 2.73. The summed E-state index contributed by atoms with van der Waals surface area (Å²) in [5.74, 6) is 5.27. The van der Waals surface area contributed by atoms with Crippen LogP contribution in [0.3, 0.4) is 0 Å². The van der Waals surface area contributed by atoms with Gasteiger partial charge >= 0.3 is 0 Å². The van der Waals surface area contributed by atoms with Crippen LogP contribution in [0.15, 0.2) is 12.3 Å². The molecule has 4 heteroatoms. The van der Waals surface area contributed by atoms with Gasteiger partial charge < -0.3 is 0 Å². The van der Waals surface area contributed by atoms with Gasteiger partial charge in [0.1, 0.15) is 0 Å². The lowest BCUT2D eigenvalue weighted by Crippen LogP contribution is -2.44. The maximum Gasteiger partial charge on any atom is 0.0994 e. The van der Waals surface area contributed by atoms with Gasteiger partial charge in [-0.1, -0.05) is 18.3 Å². The highest BCUT2D eigenvalue weighted by atomic mass is 32.1. The van der Waals surface area contributed by atoms with Crippen LogP contribution in [0.2, 0.25) is 0 Å². The van der Waals surface area contributed by atoms with Gasteiger partial charge in [0.15, 0.2) is 0 Å². The molecule has 1 heterocycles. The van der Waals surface area contributed by atoms with E-state index in [0.29, 0.717) is 0 Å². The molecule has 0 amide bonds. The van der Waals surface area contributed by atoms with Gasteiger partial charge in [-0.15, -0.1) is 0 Å². The molecule has 0 saturated carbocycles. The van der Waals surface area contributed by atoms with Crippen molar-refractivity contribution in [1.82, 2.24) is 10.5 Å². The third-order valence-corrected chi connectivity index (χ3v) is 1.08. The van der Waals surface area contributed by atoms with E-state index in [1.807, 2.05) is 6.08 Å². The molecule has 0 aromatic heterocycles. The molecule has 3 N–H and O–H groups in total. The smallest absolute Gasteiger partial charge is 0.0994 e. The number of nitrogens with zero attached hydrogens (tertiary/aromatic N) is 1. The summed E-state index contributed by atoms with van der Waals surface area (Å²) in [6.45, 7) is 0. The lowest BCUT2D eigenvalue weighted by molar-refractivity contribution is 0.341. The number of hydrazine groups is 2. The predicted octanol–water partition coefficient (Wildman–Crippen LogP) is -0.0885. The van der Waals surface area contributed by atoms with Gasteiger partial charge in [0.05, 0.1) is 4.99 Å². The molecule has 0 atom stereocenters. The van der Waals surface area contributed by atoms with Crippen molar-refractivity contribution in [2.75, 3.05) is 0 Å². The van der Waals surface area contributed by atoms with Gasteiger partial charge in [-0.3, -0.25) is 5.43 Å². The first kappa shape index (κ1) is 5.53. The van der Waals surface area contributed by atoms with Crippen molar-refractivity contribution < 1.29 is 0 Å². The van der Waals surface area contributed by atoms with Crippen LogP contribution >= 0.6 is 12.2 Å². The van der Waals surface area contributed by atoms with Crippen molar-refractivity contribution in [2.45, 2.75) is 6.42 Å². The Hall–Kier alpha value is -0.610. The summed E-state index contributed by atoms with van der Waals surface area (Å²) in [5, 5.41) is 1.34. The molecule has 8 heavy (non-hydrogen) atoms. The van der Waals surface area contributed by atoms with Gasteiger partial charge in [-0.25, -0.2) is 11.0 Å². The van der Waals surface area contributed by atoms with E-state index in [0.717, 1.165) is 11.4 Å². The topological polar surface area (TPSA) is 41.3 Å². The van der Waals surface area contributed by atoms with Gasteiger partial charge in [0.25, 0.3) is 0 Å². The van der Waals surface area contributed by atoms with Crippen LogP contribution in [0.1, 0.15) is 6.42 Å². The molecule has 0 fully saturated rings. The Kier molecular flexibility index (Phi) is 1.45. The van der Waals surface area contributed by atoms with Gasteiger partial charge in [0, 0.05) is 12.6 Å². The lowest BCUT2D eigenvalue weighted by atomic mass is 10.4. The first-order valence-corrected chi connectivity index (χ1v) is 2.70. The average molecular weight is 129 g/mol. The van der Waals surface area contributed by atoms with Crippen LogP contribution in [0.4, 0.5) is 0 Å². The maximum absolute atomic E-state index is 5.27. The highest BCUT2D eigenvalue weighted by Crippen LogP contribution is 1.92. The van der Waals surface area contributed by atoms with Crippen molar-refractivity contribution in [2.24, 2.45) is 5.84 Å². The fourth-order valence-electron chi connectivity index (χ4n) is 0.500. The van der Waals surface area contributed by atoms with Crippen LogP contribution in [0.25, 0.3) is 0 Å². The Morgan fingerprint density at radius 3 is 3.00 bits per heavy atom. The van der Waals surface area contributed by atoms with Crippen molar-refractivity contribution in [3.63, 3.8) is 0 Å². The molecule has 44 valence electrons. The number of hydrogen-bond acceptors (Lipinski definition) is 3. The number of hydrogen-bond donors (Lipinski definition) is 2. The Morgan fingerprint density at radius 1 is 1.88 bits per heavy atom. The minimum absolute atomic E-state index is 0.759. The molecule has 0 unspecified atom stereocenters. The average Bonchev–Trinajstić information content (AvgIpc) is 1.64. The van der Waals surface area contributed by atoms with Crippen molar-refractivity contribution >= 4 is 17.2 Å². The molecule has 1 aliphatic rings. The van der Waals surface area contributed by atoms with E-state index in [2.05, 4.69) is 5.43 Å². The summed E-state index contributed by atoms with van der Waals surface area (Å²) in [7, 11) is 0. The molecular weight excluding hydrogens is 122 g/mol. The van der Waals surface area contributed by atoms with E-state index in [4.69, 9.17) is 18.1 Å². The zero-order valence-electron chi connectivity index (χ0n) is 4.29. The highest BCUT2D eigenvalue weighted by molar-refractivity contribution is 7.80. The summed E-state index contributed by atoms with van der Waals surface area (Å²) in [6.07, 6.45) is 4.43.